The van der Waals surface area contributed by atoms with Crippen LogP contribution in [-0.4, -0.2) is 31.9 Å². The van der Waals surface area contributed by atoms with Gasteiger partial charge in [0.25, 0.3) is 0 Å². The standard InChI is InChI=1S/C15H26N2O2/c1-10(9-18-4)6-13(16)7-14-12(3)15(19-5)11(2)8-17-14/h8,10,13H,6-7,9,16H2,1-5H3. The van der Waals surface area contributed by atoms with E-state index in [1.165, 1.54) is 0 Å². The molecular weight excluding hydrogens is 240 g/mol. The summed E-state index contributed by atoms with van der Waals surface area (Å²) in [5.74, 6) is 1.38. The Kier molecular flexibility index (Phi) is 6.25. The molecule has 1 aromatic rings. The predicted octanol–water partition coefficient (Wildman–Crippen LogP) is 2.25. The monoisotopic (exact) mass is 266 g/mol. The Balaban J connectivity index is 2.72. The molecule has 19 heavy (non-hydrogen) atoms. The smallest absolute Gasteiger partial charge is 0.128 e. The van der Waals surface area contributed by atoms with Crippen LogP contribution in [0.25, 0.3) is 0 Å². The lowest BCUT2D eigenvalue weighted by atomic mass is 9.97. The second kappa shape index (κ2) is 7.46. The van der Waals surface area contributed by atoms with Crippen LogP contribution in [0.2, 0.25) is 0 Å². The normalized spacial score (nSPS) is 14.2. The molecule has 0 amide bonds. The molecule has 0 aliphatic carbocycles. The molecule has 0 spiro atoms. The van der Waals surface area contributed by atoms with E-state index < -0.39 is 0 Å². The topological polar surface area (TPSA) is 57.4 Å². The Morgan fingerprint density at radius 3 is 2.58 bits per heavy atom. The molecule has 0 bridgehead atoms. The second-order valence-electron chi connectivity index (χ2n) is 5.31. The number of nitrogens with two attached hydrogens (primary N) is 1. The average Bonchev–Trinajstić information content (AvgIpc) is 2.33. The highest BCUT2D eigenvalue weighted by atomic mass is 16.5. The van der Waals surface area contributed by atoms with Gasteiger partial charge in [-0.1, -0.05) is 6.92 Å². The van der Waals surface area contributed by atoms with Crippen LogP contribution in [0.1, 0.15) is 30.2 Å². The molecule has 1 heterocycles. The van der Waals surface area contributed by atoms with E-state index in [1.807, 2.05) is 20.0 Å². The number of hydrogen-bond donors (Lipinski definition) is 1. The summed E-state index contributed by atoms with van der Waals surface area (Å²) in [4.78, 5) is 4.49. The second-order valence-corrected chi connectivity index (χ2v) is 5.31. The summed E-state index contributed by atoms with van der Waals surface area (Å²) in [6.07, 6.45) is 3.56. The highest BCUT2D eigenvalue weighted by Gasteiger charge is 2.14. The lowest BCUT2D eigenvalue weighted by Crippen LogP contribution is -2.27. The summed E-state index contributed by atoms with van der Waals surface area (Å²) in [5, 5.41) is 0. The summed E-state index contributed by atoms with van der Waals surface area (Å²) in [5.41, 5.74) is 9.38. The third-order valence-corrected chi connectivity index (χ3v) is 3.36. The predicted molar refractivity (Wildman–Crippen MR) is 77.6 cm³/mol. The highest BCUT2D eigenvalue weighted by Crippen LogP contribution is 2.25. The lowest BCUT2D eigenvalue weighted by Gasteiger charge is -2.18. The van der Waals surface area contributed by atoms with Gasteiger partial charge < -0.3 is 15.2 Å². The van der Waals surface area contributed by atoms with Gasteiger partial charge >= 0.3 is 0 Å². The molecule has 2 atom stereocenters. The minimum atomic E-state index is 0.101. The Morgan fingerprint density at radius 2 is 2.00 bits per heavy atom. The van der Waals surface area contributed by atoms with Gasteiger partial charge in [-0.05, 0) is 26.2 Å². The van der Waals surface area contributed by atoms with Crippen molar-refractivity contribution in [2.45, 2.75) is 39.7 Å². The highest BCUT2D eigenvalue weighted by molar-refractivity contribution is 5.41. The third-order valence-electron chi connectivity index (χ3n) is 3.36. The number of hydrogen-bond acceptors (Lipinski definition) is 4. The first-order valence-electron chi connectivity index (χ1n) is 6.73. The van der Waals surface area contributed by atoms with Crippen LogP contribution < -0.4 is 10.5 Å². The first kappa shape index (κ1) is 15.9. The molecule has 0 saturated heterocycles. The fraction of sp³-hybridized carbons (Fsp3) is 0.667. The maximum atomic E-state index is 6.20. The fourth-order valence-corrected chi connectivity index (χ4v) is 2.48. The molecular formula is C15H26N2O2. The zero-order valence-corrected chi connectivity index (χ0v) is 12.7. The number of rotatable bonds is 7. The van der Waals surface area contributed by atoms with E-state index in [1.54, 1.807) is 14.2 Å². The molecule has 0 radical (unpaired) electrons. The molecule has 4 heteroatoms. The molecule has 0 fully saturated rings. The van der Waals surface area contributed by atoms with Gasteiger partial charge in [0.1, 0.15) is 5.75 Å². The van der Waals surface area contributed by atoms with Crippen molar-refractivity contribution in [3.05, 3.63) is 23.0 Å². The largest absolute Gasteiger partial charge is 0.496 e. The molecule has 2 N–H and O–H groups in total. The van der Waals surface area contributed by atoms with Gasteiger partial charge in [0.05, 0.1) is 7.11 Å². The van der Waals surface area contributed by atoms with Crippen LogP contribution in [0.15, 0.2) is 6.20 Å². The molecule has 1 aromatic heterocycles. The number of methoxy groups -OCH3 is 2. The van der Waals surface area contributed by atoms with Crippen molar-refractivity contribution in [2.24, 2.45) is 11.7 Å². The molecule has 0 aliphatic rings. The van der Waals surface area contributed by atoms with Crippen LogP contribution in [0.3, 0.4) is 0 Å². The number of pyridine rings is 1. The van der Waals surface area contributed by atoms with Gasteiger partial charge in [-0.25, -0.2) is 0 Å². The lowest BCUT2D eigenvalue weighted by molar-refractivity contribution is 0.152. The Hall–Kier alpha value is -1.13. The van der Waals surface area contributed by atoms with Crippen LogP contribution in [0.4, 0.5) is 0 Å². The summed E-state index contributed by atoms with van der Waals surface area (Å²) in [6, 6.07) is 0.101. The first-order valence-corrected chi connectivity index (χ1v) is 6.73. The van der Waals surface area contributed by atoms with E-state index in [0.29, 0.717) is 5.92 Å². The molecule has 4 nitrogen and oxygen atoms in total. The number of ether oxygens (including phenoxy) is 2. The average molecular weight is 266 g/mol. The summed E-state index contributed by atoms with van der Waals surface area (Å²) in [7, 11) is 3.41. The van der Waals surface area contributed by atoms with Gasteiger partial charge in [-0.15, -0.1) is 0 Å². The van der Waals surface area contributed by atoms with Crippen molar-refractivity contribution < 1.29 is 9.47 Å². The van der Waals surface area contributed by atoms with E-state index in [2.05, 4.69) is 11.9 Å². The first-order chi connectivity index (χ1) is 8.99. The molecule has 0 aromatic carbocycles. The SMILES string of the molecule is COCC(C)CC(N)Cc1ncc(C)c(OC)c1C. The van der Waals surface area contributed by atoms with Crippen LogP contribution in [0.5, 0.6) is 5.75 Å². The zero-order valence-electron chi connectivity index (χ0n) is 12.7. The van der Waals surface area contributed by atoms with E-state index in [4.69, 9.17) is 15.2 Å². The van der Waals surface area contributed by atoms with Gasteiger partial charge in [-0.3, -0.25) is 4.98 Å². The molecule has 2 unspecified atom stereocenters. The van der Waals surface area contributed by atoms with Gasteiger partial charge in [-0.2, -0.15) is 0 Å². The maximum absolute atomic E-state index is 6.20. The third kappa shape index (κ3) is 4.48. The molecule has 108 valence electrons. The zero-order chi connectivity index (χ0) is 14.4. The van der Waals surface area contributed by atoms with Crippen molar-refractivity contribution in [3.63, 3.8) is 0 Å². The fourth-order valence-electron chi connectivity index (χ4n) is 2.48. The Bertz CT molecular complexity index is 407. The van der Waals surface area contributed by atoms with Crippen molar-refractivity contribution in [1.82, 2.24) is 4.98 Å². The molecule has 0 aliphatic heterocycles. The van der Waals surface area contributed by atoms with Crippen molar-refractivity contribution in [3.8, 4) is 5.75 Å². The quantitative estimate of drug-likeness (QED) is 0.822. The maximum Gasteiger partial charge on any atom is 0.128 e. The van der Waals surface area contributed by atoms with Gasteiger partial charge in [0.15, 0.2) is 0 Å². The summed E-state index contributed by atoms with van der Waals surface area (Å²) >= 11 is 0. The van der Waals surface area contributed by atoms with Crippen molar-refractivity contribution in [1.29, 1.82) is 0 Å². The Morgan fingerprint density at radius 1 is 1.32 bits per heavy atom. The van der Waals surface area contributed by atoms with E-state index in [-0.39, 0.29) is 6.04 Å². The van der Waals surface area contributed by atoms with Crippen molar-refractivity contribution in [2.75, 3.05) is 20.8 Å². The number of aryl methyl sites for hydroxylation is 1. The molecule has 1 rings (SSSR count). The van der Waals surface area contributed by atoms with E-state index in [9.17, 15) is 0 Å². The summed E-state index contributed by atoms with van der Waals surface area (Å²) < 4.78 is 10.6. The van der Waals surface area contributed by atoms with E-state index in [0.717, 1.165) is 42.0 Å². The molecule has 0 saturated carbocycles. The number of nitrogens with zero attached hydrogens (tertiary/aromatic N) is 1. The Labute approximate surface area is 116 Å². The minimum absolute atomic E-state index is 0.101. The van der Waals surface area contributed by atoms with Gasteiger partial charge in [0.2, 0.25) is 0 Å². The summed E-state index contributed by atoms with van der Waals surface area (Å²) in [6.45, 7) is 6.94. The van der Waals surface area contributed by atoms with E-state index >= 15 is 0 Å². The van der Waals surface area contributed by atoms with Crippen LogP contribution in [0, 0.1) is 19.8 Å². The number of aromatic nitrogens is 1. The van der Waals surface area contributed by atoms with Crippen LogP contribution >= 0.6 is 0 Å². The van der Waals surface area contributed by atoms with Crippen molar-refractivity contribution >= 4 is 0 Å². The van der Waals surface area contributed by atoms with Gasteiger partial charge in [0, 0.05) is 49.2 Å². The van der Waals surface area contributed by atoms with Crippen LogP contribution in [-0.2, 0) is 11.2 Å². The minimum Gasteiger partial charge on any atom is -0.496 e.